The fraction of sp³-hybridized carbons (Fsp3) is 0.571. The monoisotopic (exact) mass is 370 g/mol. The standard InChI is InChI=1S/C21H26N2O4/c1-14(2)12-21(9-10-21)27-20(26)22-11-8-16-18(22)17(24)13-23(16)19(25)15-6-4-3-5-7-15/h3-7,14,16,18H,8-13H2,1-2H3/t16-,18+/m1/s1. The first-order chi connectivity index (χ1) is 12.9. The van der Waals surface area contributed by atoms with Crippen molar-refractivity contribution in [2.45, 2.75) is 57.2 Å². The lowest BCUT2D eigenvalue weighted by atomic mass is 10.0. The number of carbonyl (C=O) groups excluding carboxylic acids is 3. The molecule has 144 valence electrons. The molecule has 27 heavy (non-hydrogen) atoms. The summed E-state index contributed by atoms with van der Waals surface area (Å²) in [5.74, 6) is 0.233. The number of amides is 2. The summed E-state index contributed by atoms with van der Waals surface area (Å²) in [4.78, 5) is 41.4. The maximum Gasteiger partial charge on any atom is 0.411 e. The molecule has 3 aliphatic rings. The third-order valence-electron chi connectivity index (χ3n) is 5.83. The van der Waals surface area contributed by atoms with Crippen LogP contribution in [0.2, 0.25) is 0 Å². The summed E-state index contributed by atoms with van der Waals surface area (Å²) in [7, 11) is 0. The first-order valence-corrected chi connectivity index (χ1v) is 9.78. The van der Waals surface area contributed by atoms with Crippen LogP contribution in [0.4, 0.5) is 4.79 Å². The van der Waals surface area contributed by atoms with Crippen molar-refractivity contribution in [1.82, 2.24) is 9.80 Å². The number of Topliss-reactive ketones (excluding diaryl/α,β-unsaturated/α-hetero) is 1. The van der Waals surface area contributed by atoms with Crippen LogP contribution < -0.4 is 0 Å². The van der Waals surface area contributed by atoms with Gasteiger partial charge >= 0.3 is 6.09 Å². The van der Waals surface area contributed by atoms with Crippen molar-refractivity contribution in [1.29, 1.82) is 0 Å². The zero-order valence-electron chi connectivity index (χ0n) is 15.9. The van der Waals surface area contributed by atoms with Crippen LogP contribution in [0.25, 0.3) is 0 Å². The summed E-state index contributed by atoms with van der Waals surface area (Å²) in [6, 6.07) is 8.16. The van der Waals surface area contributed by atoms with E-state index in [2.05, 4.69) is 13.8 Å². The number of hydrogen-bond donors (Lipinski definition) is 0. The summed E-state index contributed by atoms with van der Waals surface area (Å²) in [6.45, 7) is 4.75. The Balaban J connectivity index is 1.46. The van der Waals surface area contributed by atoms with Crippen molar-refractivity contribution >= 4 is 17.8 Å². The van der Waals surface area contributed by atoms with Crippen LogP contribution in [-0.2, 0) is 9.53 Å². The van der Waals surface area contributed by atoms with Gasteiger partial charge in [0.2, 0.25) is 0 Å². The molecule has 0 radical (unpaired) electrons. The lowest BCUT2D eigenvalue weighted by molar-refractivity contribution is -0.120. The molecule has 0 N–H and O–H groups in total. The smallest absolute Gasteiger partial charge is 0.411 e. The van der Waals surface area contributed by atoms with Crippen LogP contribution in [0.5, 0.6) is 0 Å². The van der Waals surface area contributed by atoms with Gasteiger partial charge in [0, 0.05) is 12.1 Å². The number of benzene rings is 1. The Morgan fingerprint density at radius 1 is 1.19 bits per heavy atom. The summed E-state index contributed by atoms with van der Waals surface area (Å²) in [5, 5.41) is 0. The molecule has 1 aliphatic carbocycles. The Labute approximate surface area is 159 Å². The van der Waals surface area contributed by atoms with Gasteiger partial charge in [0.15, 0.2) is 5.78 Å². The van der Waals surface area contributed by atoms with Crippen LogP contribution in [0.1, 0.15) is 49.9 Å². The average molecular weight is 370 g/mol. The highest BCUT2D eigenvalue weighted by atomic mass is 16.6. The number of ketones is 1. The summed E-state index contributed by atoms with van der Waals surface area (Å²) < 4.78 is 5.81. The van der Waals surface area contributed by atoms with Crippen molar-refractivity contribution in [2.75, 3.05) is 13.1 Å². The first kappa shape index (κ1) is 18.0. The molecule has 6 nitrogen and oxygen atoms in total. The van der Waals surface area contributed by atoms with Gasteiger partial charge in [0.25, 0.3) is 5.91 Å². The number of rotatable bonds is 4. The van der Waals surface area contributed by atoms with Crippen molar-refractivity contribution in [3.63, 3.8) is 0 Å². The zero-order chi connectivity index (χ0) is 19.2. The van der Waals surface area contributed by atoms with E-state index in [9.17, 15) is 14.4 Å². The fourth-order valence-corrected chi connectivity index (χ4v) is 4.52. The fourth-order valence-electron chi connectivity index (χ4n) is 4.52. The molecule has 0 unspecified atom stereocenters. The molecular weight excluding hydrogens is 344 g/mol. The number of nitrogens with zero attached hydrogens (tertiary/aromatic N) is 2. The highest BCUT2D eigenvalue weighted by Gasteiger charge is 2.54. The molecule has 3 fully saturated rings. The Morgan fingerprint density at radius 2 is 1.89 bits per heavy atom. The first-order valence-electron chi connectivity index (χ1n) is 9.78. The Hall–Kier alpha value is -2.37. The predicted molar refractivity (Wildman–Crippen MR) is 99.3 cm³/mol. The zero-order valence-corrected chi connectivity index (χ0v) is 15.9. The topological polar surface area (TPSA) is 66.9 Å². The second-order valence-electron chi connectivity index (χ2n) is 8.41. The number of fused-ring (bicyclic) bond motifs is 1. The van der Waals surface area contributed by atoms with E-state index in [0.717, 1.165) is 19.3 Å². The normalized spacial score (nSPS) is 25.7. The number of ether oxygens (including phenoxy) is 1. The van der Waals surface area contributed by atoms with Gasteiger partial charge in [0.05, 0.1) is 12.6 Å². The molecule has 6 heteroatoms. The third kappa shape index (κ3) is 3.33. The second kappa shape index (κ2) is 6.66. The van der Waals surface area contributed by atoms with Gasteiger partial charge in [0.1, 0.15) is 11.6 Å². The van der Waals surface area contributed by atoms with E-state index in [4.69, 9.17) is 4.74 Å². The molecule has 0 aromatic heterocycles. The van der Waals surface area contributed by atoms with E-state index in [1.807, 2.05) is 18.2 Å². The van der Waals surface area contributed by atoms with Crippen molar-refractivity contribution in [2.24, 2.45) is 5.92 Å². The van der Waals surface area contributed by atoms with Gasteiger partial charge in [-0.25, -0.2) is 4.79 Å². The Morgan fingerprint density at radius 3 is 2.52 bits per heavy atom. The molecule has 0 bridgehead atoms. The Kier molecular flexibility index (Phi) is 4.44. The lowest BCUT2D eigenvalue weighted by Crippen LogP contribution is -2.45. The molecule has 2 aliphatic heterocycles. The average Bonchev–Trinajstić information content (AvgIpc) is 3.10. The third-order valence-corrected chi connectivity index (χ3v) is 5.83. The molecule has 2 heterocycles. The highest BCUT2D eigenvalue weighted by molar-refractivity contribution is 6.02. The van der Waals surface area contributed by atoms with E-state index < -0.39 is 12.1 Å². The minimum atomic E-state index is -0.569. The summed E-state index contributed by atoms with van der Waals surface area (Å²) >= 11 is 0. The van der Waals surface area contributed by atoms with E-state index >= 15 is 0 Å². The summed E-state index contributed by atoms with van der Waals surface area (Å²) in [5.41, 5.74) is 0.228. The van der Waals surface area contributed by atoms with Crippen LogP contribution in [-0.4, -0.2) is 58.4 Å². The number of carbonyl (C=O) groups is 3. The minimum absolute atomic E-state index is 0.0595. The maximum atomic E-state index is 12.8. The molecular formula is C21H26N2O4. The molecule has 1 aromatic rings. The van der Waals surface area contributed by atoms with Crippen LogP contribution in [0.15, 0.2) is 30.3 Å². The van der Waals surface area contributed by atoms with Crippen molar-refractivity contribution < 1.29 is 19.1 Å². The molecule has 1 aromatic carbocycles. The molecule has 2 atom stereocenters. The van der Waals surface area contributed by atoms with Gasteiger partial charge in [-0.2, -0.15) is 0 Å². The Bertz CT molecular complexity index is 757. The minimum Gasteiger partial charge on any atom is -0.443 e. The van der Waals surface area contributed by atoms with E-state index in [1.54, 1.807) is 21.9 Å². The highest BCUT2D eigenvalue weighted by Crippen LogP contribution is 2.45. The maximum absolute atomic E-state index is 12.8. The van der Waals surface area contributed by atoms with Crippen molar-refractivity contribution in [3.05, 3.63) is 35.9 Å². The van der Waals surface area contributed by atoms with Crippen LogP contribution in [0.3, 0.4) is 0 Å². The van der Waals surface area contributed by atoms with E-state index in [1.165, 1.54) is 0 Å². The quantitative estimate of drug-likeness (QED) is 0.817. The van der Waals surface area contributed by atoms with Gasteiger partial charge in [-0.1, -0.05) is 32.0 Å². The van der Waals surface area contributed by atoms with Gasteiger partial charge < -0.3 is 9.64 Å². The molecule has 4 rings (SSSR count). The van der Waals surface area contributed by atoms with E-state index in [0.29, 0.717) is 24.4 Å². The second-order valence-corrected chi connectivity index (χ2v) is 8.41. The largest absolute Gasteiger partial charge is 0.443 e. The van der Waals surface area contributed by atoms with Crippen LogP contribution in [0, 0.1) is 5.92 Å². The predicted octanol–water partition coefficient (Wildman–Crippen LogP) is 2.87. The number of likely N-dealkylation sites (tertiary alicyclic amines) is 2. The van der Waals surface area contributed by atoms with Gasteiger partial charge in [-0.15, -0.1) is 0 Å². The van der Waals surface area contributed by atoms with Gasteiger partial charge in [-0.3, -0.25) is 14.5 Å². The number of hydrogen-bond acceptors (Lipinski definition) is 4. The summed E-state index contributed by atoms with van der Waals surface area (Å²) in [6.07, 6.45) is 2.86. The molecule has 2 saturated heterocycles. The molecule has 1 saturated carbocycles. The van der Waals surface area contributed by atoms with Gasteiger partial charge in [-0.05, 0) is 43.7 Å². The molecule has 0 spiro atoms. The van der Waals surface area contributed by atoms with E-state index in [-0.39, 0.29) is 29.9 Å². The SMILES string of the molecule is CC(C)CC1(OC(=O)N2CC[C@@H]3[C@H]2C(=O)CN3C(=O)c2ccccc2)CC1. The lowest BCUT2D eigenvalue weighted by Gasteiger charge is -2.26. The van der Waals surface area contributed by atoms with Crippen molar-refractivity contribution in [3.8, 4) is 0 Å². The molecule has 2 amide bonds. The van der Waals surface area contributed by atoms with Crippen LogP contribution >= 0.6 is 0 Å².